The molecule has 6 nitrogen and oxygen atoms in total. The number of pyridine rings is 1. The minimum absolute atomic E-state index is 0.236. The number of amides is 1. The van der Waals surface area contributed by atoms with Gasteiger partial charge in [0.15, 0.2) is 5.13 Å². The van der Waals surface area contributed by atoms with Gasteiger partial charge < -0.3 is 16.4 Å². The number of hydrogen-bond acceptors (Lipinski definition) is 6. The molecule has 1 amide bonds. The third-order valence-electron chi connectivity index (χ3n) is 2.45. The Morgan fingerprint density at radius 1 is 1.42 bits per heavy atom. The molecule has 0 aliphatic heterocycles. The maximum atomic E-state index is 12.0. The van der Waals surface area contributed by atoms with Crippen molar-refractivity contribution in [2.75, 3.05) is 18.1 Å². The normalized spacial score (nSPS) is 10.2. The molecule has 100 valence electrons. The van der Waals surface area contributed by atoms with Crippen molar-refractivity contribution in [2.24, 2.45) is 0 Å². The van der Waals surface area contributed by atoms with E-state index in [9.17, 15) is 4.79 Å². The van der Waals surface area contributed by atoms with Crippen LogP contribution in [-0.4, -0.2) is 22.9 Å². The summed E-state index contributed by atoms with van der Waals surface area (Å²) < 4.78 is 0. The van der Waals surface area contributed by atoms with Crippen LogP contribution in [0.5, 0.6) is 0 Å². The van der Waals surface area contributed by atoms with Crippen molar-refractivity contribution in [1.82, 2.24) is 15.3 Å². The second-order valence-corrected chi connectivity index (χ2v) is 4.94. The van der Waals surface area contributed by atoms with Crippen molar-refractivity contribution in [3.8, 4) is 0 Å². The molecule has 19 heavy (non-hydrogen) atoms. The highest BCUT2D eigenvalue weighted by atomic mass is 32.1. The van der Waals surface area contributed by atoms with Gasteiger partial charge in [-0.1, -0.05) is 17.4 Å². The zero-order chi connectivity index (χ0) is 13.8. The molecule has 2 heterocycles. The molecule has 0 saturated carbocycles. The van der Waals surface area contributed by atoms with E-state index in [1.54, 1.807) is 7.05 Å². The van der Waals surface area contributed by atoms with E-state index in [0.717, 1.165) is 11.4 Å². The number of carbonyl (C=O) groups excluding carboxylic acids is 1. The second kappa shape index (κ2) is 5.66. The molecule has 0 atom stereocenters. The van der Waals surface area contributed by atoms with Crippen molar-refractivity contribution < 1.29 is 4.79 Å². The van der Waals surface area contributed by atoms with Crippen molar-refractivity contribution in [1.29, 1.82) is 0 Å². The van der Waals surface area contributed by atoms with Gasteiger partial charge in [0.1, 0.15) is 10.7 Å². The Kier molecular flexibility index (Phi) is 3.96. The van der Waals surface area contributed by atoms with E-state index in [-0.39, 0.29) is 11.7 Å². The topological polar surface area (TPSA) is 92.9 Å². The number of anilines is 2. The maximum Gasteiger partial charge on any atom is 0.265 e. The van der Waals surface area contributed by atoms with Gasteiger partial charge in [-0.05, 0) is 19.1 Å². The Morgan fingerprint density at radius 3 is 2.84 bits per heavy atom. The first-order valence-corrected chi connectivity index (χ1v) is 6.56. The molecule has 2 aromatic heterocycles. The first kappa shape index (κ1) is 13.3. The van der Waals surface area contributed by atoms with Crippen molar-refractivity contribution >= 4 is 28.2 Å². The molecule has 0 spiro atoms. The number of rotatable bonds is 4. The van der Waals surface area contributed by atoms with E-state index in [1.165, 1.54) is 11.3 Å². The minimum Gasteiger partial charge on any atom is -0.382 e. The van der Waals surface area contributed by atoms with Crippen LogP contribution in [0.2, 0.25) is 0 Å². The fraction of sp³-hybridized carbons (Fsp3) is 0.250. The summed E-state index contributed by atoms with van der Waals surface area (Å²) in [5, 5.41) is 6.26. The van der Waals surface area contributed by atoms with E-state index in [4.69, 9.17) is 5.73 Å². The average molecular weight is 277 g/mol. The van der Waals surface area contributed by atoms with Crippen LogP contribution in [0.1, 0.15) is 21.1 Å². The van der Waals surface area contributed by atoms with Crippen molar-refractivity contribution in [3.63, 3.8) is 0 Å². The Bertz CT molecular complexity index is 596. The third kappa shape index (κ3) is 3.19. The lowest BCUT2D eigenvalue weighted by Crippen LogP contribution is -2.23. The first-order valence-electron chi connectivity index (χ1n) is 5.75. The molecule has 0 fully saturated rings. The SMILES string of the molecule is CNc1nc(N)c(C(=O)NCc2cccc(C)n2)s1. The van der Waals surface area contributed by atoms with Crippen LogP contribution in [0, 0.1) is 6.92 Å². The van der Waals surface area contributed by atoms with Crippen LogP contribution in [-0.2, 0) is 6.54 Å². The predicted molar refractivity (Wildman–Crippen MR) is 76.2 cm³/mol. The highest BCUT2D eigenvalue weighted by molar-refractivity contribution is 7.18. The number of nitrogens with two attached hydrogens (primary N) is 1. The number of aromatic nitrogens is 2. The Morgan fingerprint density at radius 2 is 2.21 bits per heavy atom. The lowest BCUT2D eigenvalue weighted by Gasteiger charge is -2.04. The zero-order valence-corrected chi connectivity index (χ0v) is 11.5. The van der Waals surface area contributed by atoms with E-state index < -0.39 is 0 Å². The molecule has 0 radical (unpaired) electrons. The Hall–Kier alpha value is -2.15. The molecular formula is C12H15N5OS. The van der Waals surface area contributed by atoms with Crippen LogP contribution in [0.15, 0.2) is 18.2 Å². The molecule has 0 aliphatic rings. The fourth-order valence-electron chi connectivity index (χ4n) is 1.55. The van der Waals surface area contributed by atoms with Crippen LogP contribution >= 0.6 is 11.3 Å². The van der Waals surface area contributed by atoms with Gasteiger partial charge in [-0.2, -0.15) is 0 Å². The number of hydrogen-bond donors (Lipinski definition) is 3. The second-order valence-electron chi connectivity index (χ2n) is 3.94. The van der Waals surface area contributed by atoms with Gasteiger partial charge in [-0.3, -0.25) is 9.78 Å². The summed E-state index contributed by atoms with van der Waals surface area (Å²) in [4.78, 5) is 20.7. The van der Waals surface area contributed by atoms with Gasteiger partial charge in [-0.25, -0.2) is 4.98 Å². The quantitative estimate of drug-likeness (QED) is 0.785. The monoisotopic (exact) mass is 277 g/mol. The maximum absolute atomic E-state index is 12.0. The summed E-state index contributed by atoms with van der Waals surface area (Å²) in [6, 6.07) is 5.68. The molecule has 2 rings (SSSR count). The number of nitrogen functional groups attached to an aromatic ring is 1. The summed E-state index contributed by atoms with van der Waals surface area (Å²) in [5.41, 5.74) is 7.42. The summed E-state index contributed by atoms with van der Waals surface area (Å²) in [6.45, 7) is 2.28. The number of thiazole rings is 1. The predicted octanol–water partition coefficient (Wildman–Crippen LogP) is 1.40. The van der Waals surface area contributed by atoms with Crippen LogP contribution in [0.3, 0.4) is 0 Å². The Labute approximate surface area is 115 Å². The smallest absolute Gasteiger partial charge is 0.265 e. The van der Waals surface area contributed by atoms with Gasteiger partial charge in [0.2, 0.25) is 0 Å². The van der Waals surface area contributed by atoms with Crippen LogP contribution < -0.4 is 16.4 Å². The number of aryl methyl sites for hydroxylation is 1. The van der Waals surface area contributed by atoms with Crippen molar-refractivity contribution in [2.45, 2.75) is 13.5 Å². The first-order chi connectivity index (χ1) is 9.10. The molecule has 0 saturated heterocycles. The van der Waals surface area contributed by atoms with Gasteiger partial charge in [0.25, 0.3) is 5.91 Å². The molecular weight excluding hydrogens is 262 g/mol. The molecule has 0 aromatic carbocycles. The highest BCUT2D eigenvalue weighted by Gasteiger charge is 2.15. The highest BCUT2D eigenvalue weighted by Crippen LogP contribution is 2.24. The molecule has 0 bridgehead atoms. The van der Waals surface area contributed by atoms with Crippen molar-refractivity contribution in [3.05, 3.63) is 34.5 Å². The van der Waals surface area contributed by atoms with Gasteiger partial charge >= 0.3 is 0 Å². The molecule has 4 N–H and O–H groups in total. The number of nitrogens with one attached hydrogen (secondary N) is 2. The molecule has 2 aromatic rings. The van der Waals surface area contributed by atoms with E-state index in [2.05, 4.69) is 20.6 Å². The van der Waals surface area contributed by atoms with Crippen LogP contribution in [0.4, 0.5) is 10.9 Å². The zero-order valence-electron chi connectivity index (χ0n) is 10.7. The van der Waals surface area contributed by atoms with E-state index in [1.807, 2.05) is 25.1 Å². The lowest BCUT2D eigenvalue weighted by atomic mass is 10.3. The number of carbonyl (C=O) groups is 1. The lowest BCUT2D eigenvalue weighted by molar-refractivity contribution is 0.0955. The fourth-order valence-corrected chi connectivity index (χ4v) is 2.31. The van der Waals surface area contributed by atoms with E-state index in [0.29, 0.717) is 16.6 Å². The van der Waals surface area contributed by atoms with Crippen LogP contribution in [0.25, 0.3) is 0 Å². The van der Waals surface area contributed by atoms with E-state index >= 15 is 0 Å². The van der Waals surface area contributed by atoms with Gasteiger partial charge in [0, 0.05) is 12.7 Å². The largest absolute Gasteiger partial charge is 0.382 e. The van der Waals surface area contributed by atoms with Gasteiger partial charge in [0.05, 0.1) is 12.2 Å². The molecule has 0 unspecified atom stereocenters. The standard InChI is InChI=1S/C12H15N5OS/c1-7-4-3-5-8(16-7)6-15-11(18)9-10(13)17-12(14-2)19-9/h3-5H,6,13H2,1-2H3,(H,14,17)(H,15,18). The summed E-state index contributed by atoms with van der Waals surface area (Å²) in [7, 11) is 1.73. The summed E-state index contributed by atoms with van der Waals surface area (Å²) >= 11 is 1.23. The summed E-state index contributed by atoms with van der Waals surface area (Å²) in [6.07, 6.45) is 0. The minimum atomic E-state index is -0.236. The Balaban J connectivity index is 2.03. The number of nitrogens with zero attached hydrogens (tertiary/aromatic N) is 2. The average Bonchev–Trinajstić information content (AvgIpc) is 2.77. The molecule has 7 heteroatoms. The third-order valence-corrected chi connectivity index (χ3v) is 3.54. The van der Waals surface area contributed by atoms with Gasteiger partial charge in [-0.15, -0.1) is 0 Å². The summed E-state index contributed by atoms with van der Waals surface area (Å²) in [5.74, 6) is 0.00357. The molecule has 0 aliphatic carbocycles.